The van der Waals surface area contributed by atoms with E-state index in [0.29, 0.717) is 11.4 Å². The summed E-state index contributed by atoms with van der Waals surface area (Å²) in [5.74, 6) is 0.644. The van der Waals surface area contributed by atoms with E-state index in [2.05, 4.69) is 0 Å². The van der Waals surface area contributed by atoms with Crippen LogP contribution in [0.3, 0.4) is 0 Å². The Bertz CT molecular complexity index is 311. The monoisotopic (exact) mass is 181 g/mol. The maximum absolute atomic E-state index is 10.6. The van der Waals surface area contributed by atoms with Gasteiger partial charge in [-0.05, 0) is 12.1 Å². The zero-order chi connectivity index (χ0) is 9.84. The third-order valence-electron chi connectivity index (χ3n) is 1.73. The van der Waals surface area contributed by atoms with E-state index in [0.717, 1.165) is 4.90 Å². The van der Waals surface area contributed by atoms with Crippen LogP contribution in [0.5, 0.6) is 5.75 Å². The number of benzene rings is 1. The molecule has 13 heavy (non-hydrogen) atoms. The van der Waals surface area contributed by atoms with Gasteiger partial charge in [-0.25, -0.2) is 4.79 Å². The number of carboxylic acid groups (broad SMARTS) is 1. The van der Waals surface area contributed by atoms with Crippen LogP contribution in [0.4, 0.5) is 10.5 Å². The third-order valence-corrected chi connectivity index (χ3v) is 1.73. The number of amides is 1. The molecule has 0 radical (unpaired) electrons. The molecule has 0 saturated heterocycles. The molecule has 0 bridgehead atoms. The van der Waals surface area contributed by atoms with E-state index < -0.39 is 6.09 Å². The Morgan fingerprint density at radius 1 is 1.54 bits per heavy atom. The Kier molecular flexibility index (Phi) is 2.74. The van der Waals surface area contributed by atoms with E-state index in [1.54, 1.807) is 31.4 Å². The molecule has 70 valence electrons. The normalized spacial score (nSPS) is 9.38. The van der Waals surface area contributed by atoms with Crippen molar-refractivity contribution < 1.29 is 14.6 Å². The van der Waals surface area contributed by atoms with Crippen molar-refractivity contribution in [2.24, 2.45) is 0 Å². The lowest BCUT2D eigenvalue weighted by molar-refractivity contribution is 0.203. The number of nitrogens with zero attached hydrogens (tertiary/aromatic N) is 1. The van der Waals surface area contributed by atoms with Crippen LogP contribution >= 0.6 is 0 Å². The summed E-state index contributed by atoms with van der Waals surface area (Å²) >= 11 is 0. The van der Waals surface area contributed by atoms with Gasteiger partial charge in [-0.1, -0.05) is 6.07 Å². The Morgan fingerprint density at radius 3 is 2.77 bits per heavy atom. The second-order valence-corrected chi connectivity index (χ2v) is 2.54. The summed E-state index contributed by atoms with van der Waals surface area (Å²) in [6, 6.07) is 6.87. The van der Waals surface area contributed by atoms with E-state index in [9.17, 15) is 4.79 Å². The van der Waals surface area contributed by atoms with Crippen LogP contribution in [-0.4, -0.2) is 25.4 Å². The third kappa shape index (κ3) is 2.11. The first-order valence-electron chi connectivity index (χ1n) is 3.76. The SMILES string of the molecule is COc1cccc(N(C)C(=O)O)c1. The highest BCUT2D eigenvalue weighted by molar-refractivity contribution is 5.85. The fourth-order valence-electron chi connectivity index (χ4n) is 0.930. The molecule has 4 nitrogen and oxygen atoms in total. The van der Waals surface area contributed by atoms with E-state index in [1.165, 1.54) is 7.05 Å². The summed E-state index contributed by atoms with van der Waals surface area (Å²) in [4.78, 5) is 11.7. The molecular weight excluding hydrogens is 170 g/mol. The summed E-state index contributed by atoms with van der Waals surface area (Å²) in [5.41, 5.74) is 0.590. The smallest absolute Gasteiger partial charge is 0.411 e. The van der Waals surface area contributed by atoms with Crippen molar-refractivity contribution in [3.8, 4) is 5.75 Å². The minimum atomic E-state index is -0.992. The summed E-state index contributed by atoms with van der Waals surface area (Å²) in [6.45, 7) is 0. The molecule has 4 heteroatoms. The fourth-order valence-corrected chi connectivity index (χ4v) is 0.930. The zero-order valence-corrected chi connectivity index (χ0v) is 7.52. The predicted octanol–water partition coefficient (Wildman–Crippen LogP) is 1.81. The maximum atomic E-state index is 10.6. The minimum Gasteiger partial charge on any atom is -0.497 e. The average molecular weight is 181 g/mol. The van der Waals surface area contributed by atoms with Gasteiger partial charge < -0.3 is 9.84 Å². The second kappa shape index (κ2) is 3.80. The number of carbonyl (C=O) groups is 1. The molecule has 1 N–H and O–H groups in total. The van der Waals surface area contributed by atoms with Gasteiger partial charge >= 0.3 is 6.09 Å². The van der Waals surface area contributed by atoms with Gasteiger partial charge in [0.25, 0.3) is 0 Å². The van der Waals surface area contributed by atoms with Crippen molar-refractivity contribution in [3.63, 3.8) is 0 Å². The number of anilines is 1. The van der Waals surface area contributed by atoms with Crippen molar-refractivity contribution >= 4 is 11.8 Å². The molecule has 0 aliphatic heterocycles. The zero-order valence-electron chi connectivity index (χ0n) is 7.52. The topological polar surface area (TPSA) is 49.8 Å². The molecule has 0 aliphatic rings. The van der Waals surface area contributed by atoms with Gasteiger partial charge in [0.15, 0.2) is 0 Å². The highest BCUT2D eigenvalue weighted by Gasteiger charge is 2.07. The van der Waals surface area contributed by atoms with Gasteiger partial charge in [-0.3, -0.25) is 4.90 Å². The van der Waals surface area contributed by atoms with Crippen LogP contribution in [0.1, 0.15) is 0 Å². The molecule has 0 unspecified atom stereocenters. The van der Waals surface area contributed by atoms with Crippen LogP contribution in [0.15, 0.2) is 24.3 Å². The number of hydrogen-bond donors (Lipinski definition) is 1. The van der Waals surface area contributed by atoms with Gasteiger partial charge in [0.1, 0.15) is 5.75 Å². The summed E-state index contributed by atoms with van der Waals surface area (Å²) in [5, 5.41) is 8.68. The molecule has 1 amide bonds. The first-order chi connectivity index (χ1) is 6.15. The van der Waals surface area contributed by atoms with Crippen molar-refractivity contribution in [1.29, 1.82) is 0 Å². The molecule has 0 aliphatic carbocycles. The van der Waals surface area contributed by atoms with Crippen molar-refractivity contribution in [1.82, 2.24) is 0 Å². The van der Waals surface area contributed by atoms with Crippen molar-refractivity contribution in [2.75, 3.05) is 19.1 Å². The van der Waals surface area contributed by atoms with Crippen LogP contribution in [0, 0.1) is 0 Å². The molecule has 1 rings (SSSR count). The molecule has 0 aromatic heterocycles. The molecule has 0 atom stereocenters. The number of hydrogen-bond acceptors (Lipinski definition) is 2. The summed E-state index contributed by atoms with van der Waals surface area (Å²) in [7, 11) is 3.02. The van der Waals surface area contributed by atoms with E-state index in [1.807, 2.05) is 0 Å². The lowest BCUT2D eigenvalue weighted by Crippen LogP contribution is -2.23. The Morgan fingerprint density at radius 2 is 2.23 bits per heavy atom. The van der Waals surface area contributed by atoms with Gasteiger partial charge in [0.05, 0.1) is 12.8 Å². The lowest BCUT2D eigenvalue weighted by atomic mass is 10.3. The molecule has 0 spiro atoms. The average Bonchev–Trinajstić information content (AvgIpc) is 2.16. The highest BCUT2D eigenvalue weighted by Crippen LogP contribution is 2.19. The van der Waals surface area contributed by atoms with Gasteiger partial charge in [-0.2, -0.15) is 0 Å². The van der Waals surface area contributed by atoms with Gasteiger partial charge in [0, 0.05) is 13.1 Å². The molecule has 0 saturated carbocycles. The van der Waals surface area contributed by atoms with E-state index in [-0.39, 0.29) is 0 Å². The fraction of sp³-hybridized carbons (Fsp3) is 0.222. The van der Waals surface area contributed by atoms with Crippen LogP contribution < -0.4 is 9.64 Å². The van der Waals surface area contributed by atoms with Crippen LogP contribution in [0.25, 0.3) is 0 Å². The molecule has 0 heterocycles. The van der Waals surface area contributed by atoms with Crippen molar-refractivity contribution in [3.05, 3.63) is 24.3 Å². The largest absolute Gasteiger partial charge is 0.497 e. The van der Waals surface area contributed by atoms with Gasteiger partial charge in [0.2, 0.25) is 0 Å². The number of methoxy groups -OCH3 is 1. The minimum absolute atomic E-state index is 0.590. The Hall–Kier alpha value is -1.71. The second-order valence-electron chi connectivity index (χ2n) is 2.54. The summed E-state index contributed by atoms with van der Waals surface area (Å²) < 4.78 is 4.97. The molecular formula is C9H11NO3. The van der Waals surface area contributed by atoms with Crippen LogP contribution in [0.2, 0.25) is 0 Å². The van der Waals surface area contributed by atoms with Gasteiger partial charge in [-0.15, -0.1) is 0 Å². The van der Waals surface area contributed by atoms with E-state index in [4.69, 9.17) is 9.84 Å². The first-order valence-corrected chi connectivity index (χ1v) is 3.76. The van der Waals surface area contributed by atoms with E-state index >= 15 is 0 Å². The maximum Gasteiger partial charge on any atom is 0.411 e. The molecule has 0 fully saturated rings. The Balaban J connectivity index is 2.94. The standard InChI is InChI=1S/C9H11NO3/c1-10(9(11)12)7-4-3-5-8(6-7)13-2/h3-6H,1-2H3,(H,11,12). The van der Waals surface area contributed by atoms with Crippen LogP contribution in [-0.2, 0) is 0 Å². The predicted molar refractivity (Wildman–Crippen MR) is 49.4 cm³/mol. The quantitative estimate of drug-likeness (QED) is 0.756. The highest BCUT2D eigenvalue weighted by atomic mass is 16.5. The lowest BCUT2D eigenvalue weighted by Gasteiger charge is -2.13. The molecule has 1 aromatic rings. The Labute approximate surface area is 76.4 Å². The first kappa shape index (κ1) is 9.38. The number of ether oxygens (including phenoxy) is 1. The molecule has 1 aromatic carbocycles. The van der Waals surface area contributed by atoms with Crippen molar-refractivity contribution in [2.45, 2.75) is 0 Å². The summed E-state index contributed by atoms with van der Waals surface area (Å²) in [6.07, 6.45) is -0.992. The number of rotatable bonds is 2.